The van der Waals surface area contributed by atoms with Crippen molar-refractivity contribution in [3.8, 4) is 0 Å². The Labute approximate surface area is 152 Å². The Balaban J connectivity index is 1.85. The molecule has 1 aromatic heterocycles. The smallest absolute Gasteiger partial charge is 0.245 e. The molecule has 1 aromatic rings. The summed E-state index contributed by atoms with van der Waals surface area (Å²) in [6, 6.07) is 0. The van der Waals surface area contributed by atoms with Gasteiger partial charge in [-0.15, -0.1) is 5.10 Å². The third-order valence-electron chi connectivity index (χ3n) is 5.74. The van der Waals surface area contributed by atoms with Gasteiger partial charge in [0.05, 0.1) is 11.9 Å². The van der Waals surface area contributed by atoms with E-state index >= 15 is 0 Å². The molecule has 0 aromatic carbocycles. The molecule has 1 amide bonds. The van der Waals surface area contributed by atoms with E-state index in [-0.39, 0.29) is 16.6 Å². The fraction of sp³-hybridized carbons (Fsp3) is 0.833. The second kappa shape index (κ2) is 6.82. The van der Waals surface area contributed by atoms with Crippen molar-refractivity contribution in [3.05, 3.63) is 11.9 Å². The SMILES string of the molecule is CC(C)(C)[S@](=O)C[C@H](c1cn(C2(C(N)=O)CC2)nn1)C1CCCCC1. The van der Waals surface area contributed by atoms with Crippen LogP contribution in [0.4, 0.5) is 0 Å². The average molecular weight is 367 g/mol. The Morgan fingerprint density at radius 3 is 2.52 bits per heavy atom. The predicted molar refractivity (Wildman–Crippen MR) is 98.5 cm³/mol. The number of hydrogen-bond donors (Lipinski definition) is 1. The number of carbonyl (C=O) groups is 1. The molecule has 2 aliphatic rings. The molecule has 0 aliphatic heterocycles. The summed E-state index contributed by atoms with van der Waals surface area (Å²) in [7, 11) is -0.943. The zero-order chi connectivity index (χ0) is 18.2. The quantitative estimate of drug-likeness (QED) is 0.837. The molecule has 25 heavy (non-hydrogen) atoms. The largest absolute Gasteiger partial charge is 0.368 e. The van der Waals surface area contributed by atoms with E-state index in [1.807, 2.05) is 27.0 Å². The number of nitrogens with two attached hydrogens (primary N) is 1. The lowest BCUT2D eigenvalue weighted by Crippen LogP contribution is -2.34. The summed E-state index contributed by atoms with van der Waals surface area (Å²) in [6.45, 7) is 6.05. The van der Waals surface area contributed by atoms with Crippen molar-refractivity contribution in [2.75, 3.05) is 5.75 Å². The van der Waals surface area contributed by atoms with Gasteiger partial charge in [0.15, 0.2) is 0 Å². The Hall–Kier alpha value is -1.24. The van der Waals surface area contributed by atoms with E-state index in [1.165, 1.54) is 19.3 Å². The first-order chi connectivity index (χ1) is 11.7. The maximum absolute atomic E-state index is 12.8. The van der Waals surface area contributed by atoms with Crippen LogP contribution in [0.15, 0.2) is 6.20 Å². The van der Waals surface area contributed by atoms with Crippen LogP contribution >= 0.6 is 0 Å². The molecule has 2 fully saturated rings. The van der Waals surface area contributed by atoms with Crippen molar-refractivity contribution in [3.63, 3.8) is 0 Å². The molecule has 7 heteroatoms. The minimum Gasteiger partial charge on any atom is -0.368 e. The van der Waals surface area contributed by atoms with Gasteiger partial charge in [-0.3, -0.25) is 9.00 Å². The Kier molecular flexibility index (Phi) is 5.06. The summed E-state index contributed by atoms with van der Waals surface area (Å²) < 4.78 is 14.2. The van der Waals surface area contributed by atoms with Crippen molar-refractivity contribution in [2.24, 2.45) is 11.7 Å². The van der Waals surface area contributed by atoms with Crippen LogP contribution in [-0.4, -0.2) is 35.6 Å². The van der Waals surface area contributed by atoms with Crippen LogP contribution < -0.4 is 5.73 Å². The number of amides is 1. The van der Waals surface area contributed by atoms with Gasteiger partial charge in [-0.2, -0.15) is 0 Å². The average Bonchev–Trinajstić information content (AvgIpc) is 3.24. The van der Waals surface area contributed by atoms with Gasteiger partial charge in [0.25, 0.3) is 0 Å². The van der Waals surface area contributed by atoms with E-state index in [0.717, 1.165) is 31.4 Å². The first-order valence-electron chi connectivity index (χ1n) is 9.35. The molecular formula is C18H30N4O2S. The molecule has 0 bridgehead atoms. The highest BCUT2D eigenvalue weighted by atomic mass is 32.2. The number of primary amides is 1. The van der Waals surface area contributed by atoms with Crippen molar-refractivity contribution in [1.82, 2.24) is 15.0 Å². The zero-order valence-electron chi connectivity index (χ0n) is 15.5. The summed E-state index contributed by atoms with van der Waals surface area (Å²) in [5.74, 6) is 0.902. The van der Waals surface area contributed by atoms with Gasteiger partial charge in [0.2, 0.25) is 5.91 Å². The first-order valence-corrected chi connectivity index (χ1v) is 10.7. The number of aromatic nitrogens is 3. The molecule has 0 spiro atoms. The van der Waals surface area contributed by atoms with E-state index in [2.05, 4.69) is 10.3 Å². The maximum atomic E-state index is 12.8. The molecule has 140 valence electrons. The fourth-order valence-electron chi connectivity index (χ4n) is 3.78. The Morgan fingerprint density at radius 2 is 2.00 bits per heavy atom. The minimum atomic E-state index is -0.943. The topological polar surface area (TPSA) is 90.9 Å². The van der Waals surface area contributed by atoms with Gasteiger partial charge in [-0.05, 0) is 52.4 Å². The molecule has 0 unspecified atom stereocenters. The van der Waals surface area contributed by atoms with E-state index in [4.69, 9.17) is 5.73 Å². The third kappa shape index (κ3) is 3.81. The maximum Gasteiger partial charge on any atom is 0.245 e. The third-order valence-corrected chi connectivity index (χ3v) is 7.77. The number of carbonyl (C=O) groups excluding carboxylic acids is 1. The van der Waals surface area contributed by atoms with Gasteiger partial charge in [-0.1, -0.05) is 24.5 Å². The second-order valence-electron chi connectivity index (χ2n) is 8.61. The molecule has 0 saturated heterocycles. The minimum absolute atomic E-state index is 0.137. The van der Waals surface area contributed by atoms with Crippen molar-refractivity contribution in [2.45, 2.75) is 81.9 Å². The molecule has 2 atom stereocenters. The predicted octanol–water partition coefficient (Wildman–Crippen LogP) is 2.46. The molecule has 6 nitrogen and oxygen atoms in total. The Morgan fingerprint density at radius 1 is 1.36 bits per heavy atom. The Bertz CT molecular complexity index is 654. The van der Waals surface area contributed by atoms with Crippen LogP contribution in [0.1, 0.15) is 77.3 Å². The van der Waals surface area contributed by atoms with Crippen LogP contribution in [0.25, 0.3) is 0 Å². The van der Waals surface area contributed by atoms with Gasteiger partial charge in [-0.25, -0.2) is 4.68 Å². The summed E-state index contributed by atoms with van der Waals surface area (Å²) in [4.78, 5) is 11.8. The highest BCUT2D eigenvalue weighted by molar-refractivity contribution is 7.86. The lowest BCUT2D eigenvalue weighted by Gasteiger charge is -2.30. The van der Waals surface area contributed by atoms with Crippen molar-refractivity contribution < 1.29 is 9.00 Å². The van der Waals surface area contributed by atoms with Gasteiger partial charge < -0.3 is 5.73 Å². The lowest BCUT2D eigenvalue weighted by atomic mass is 9.79. The molecule has 0 radical (unpaired) electrons. The summed E-state index contributed by atoms with van der Waals surface area (Å²) in [5.41, 5.74) is 5.75. The lowest BCUT2D eigenvalue weighted by molar-refractivity contribution is -0.122. The van der Waals surface area contributed by atoms with Crippen molar-refractivity contribution in [1.29, 1.82) is 0 Å². The van der Waals surface area contributed by atoms with Gasteiger partial charge >= 0.3 is 0 Å². The summed E-state index contributed by atoms with van der Waals surface area (Å²) in [5, 5.41) is 8.61. The van der Waals surface area contributed by atoms with Crippen LogP contribution in [0.3, 0.4) is 0 Å². The highest BCUT2D eigenvalue weighted by Gasteiger charge is 2.52. The van der Waals surface area contributed by atoms with E-state index in [1.54, 1.807) is 4.68 Å². The number of nitrogens with zero attached hydrogens (tertiary/aromatic N) is 3. The van der Waals surface area contributed by atoms with Crippen molar-refractivity contribution >= 4 is 16.7 Å². The first kappa shape index (κ1) is 18.5. The zero-order valence-corrected chi connectivity index (χ0v) is 16.3. The molecule has 2 saturated carbocycles. The molecular weight excluding hydrogens is 336 g/mol. The van der Waals surface area contributed by atoms with Crippen LogP contribution in [-0.2, 0) is 21.1 Å². The summed E-state index contributed by atoms with van der Waals surface area (Å²) >= 11 is 0. The van der Waals surface area contributed by atoms with Crippen LogP contribution in [0, 0.1) is 5.92 Å². The number of hydrogen-bond acceptors (Lipinski definition) is 4. The van der Waals surface area contributed by atoms with Gasteiger partial charge in [0, 0.05) is 27.2 Å². The monoisotopic (exact) mass is 366 g/mol. The molecule has 3 rings (SSSR count). The normalized spacial score (nSPS) is 23.2. The van der Waals surface area contributed by atoms with Gasteiger partial charge in [0.1, 0.15) is 5.54 Å². The fourth-order valence-corrected chi connectivity index (χ4v) is 5.04. The second-order valence-corrected chi connectivity index (χ2v) is 10.9. The van der Waals surface area contributed by atoms with E-state index in [9.17, 15) is 9.00 Å². The summed E-state index contributed by atoms with van der Waals surface area (Å²) in [6.07, 6.45) is 9.38. The molecule has 1 heterocycles. The van der Waals surface area contributed by atoms with Crippen LogP contribution in [0.2, 0.25) is 0 Å². The highest BCUT2D eigenvalue weighted by Crippen LogP contribution is 2.43. The standard InChI is InChI=1S/C18H30N4O2S/c1-17(2,3)25(24)12-14(13-7-5-4-6-8-13)15-11-22(21-20-15)18(9-10-18)16(19)23/h11,13-14H,4-10,12H2,1-3H3,(H2,19,23)/t14-,25+/m0/s1. The number of rotatable bonds is 6. The van der Waals surface area contributed by atoms with E-state index in [0.29, 0.717) is 11.7 Å². The molecule has 2 N–H and O–H groups in total. The van der Waals surface area contributed by atoms with E-state index < -0.39 is 16.3 Å². The van der Waals surface area contributed by atoms with Crippen LogP contribution in [0.5, 0.6) is 0 Å². The molecule has 2 aliphatic carbocycles.